The molecule has 16 heavy (non-hydrogen) atoms. The number of hydrogen-bond acceptors (Lipinski definition) is 1. The Morgan fingerprint density at radius 3 is 2.38 bits per heavy atom. The van der Waals surface area contributed by atoms with Crippen molar-refractivity contribution in [1.82, 2.24) is 0 Å². The number of nitrogens with zero attached hydrogens (tertiary/aromatic N) is 1. The lowest BCUT2D eigenvalue weighted by Gasteiger charge is -2.23. The first-order chi connectivity index (χ1) is 7.60. The first-order valence-electron chi connectivity index (χ1n) is 5.54. The van der Waals surface area contributed by atoms with E-state index in [9.17, 15) is 4.79 Å². The molecule has 1 unspecified atom stereocenters. The average Bonchev–Trinajstić information content (AvgIpc) is 2.31. The van der Waals surface area contributed by atoms with Crippen LogP contribution in [0.4, 0.5) is 5.69 Å². The summed E-state index contributed by atoms with van der Waals surface area (Å²) >= 11 is 5.71. The second-order valence-corrected chi connectivity index (χ2v) is 4.28. The van der Waals surface area contributed by atoms with Gasteiger partial charge >= 0.3 is 0 Å². The Balaban J connectivity index is 2.90. The van der Waals surface area contributed by atoms with Crippen molar-refractivity contribution in [2.24, 2.45) is 5.92 Å². The van der Waals surface area contributed by atoms with Crippen LogP contribution in [0.25, 0.3) is 0 Å². The minimum Gasteiger partial charge on any atom is -0.312 e. The van der Waals surface area contributed by atoms with E-state index in [0.29, 0.717) is 12.4 Å². The normalized spacial score (nSPS) is 12.2. The third kappa shape index (κ3) is 2.99. The molecule has 1 aromatic rings. The average molecular weight is 240 g/mol. The van der Waals surface area contributed by atoms with Crippen molar-refractivity contribution in [3.63, 3.8) is 0 Å². The topological polar surface area (TPSA) is 20.3 Å². The van der Waals surface area contributed by atoms with E-state index in [-0.39, 0.29) is 11.8 Å². The van der Waals surface area contributed by atoms with E-state index in [1.165, 1.54) is 5.56 Å². The molecule has 0 heterocycles. The third-order valence-electron chi connectivity index (χ3n) is 2.58. The molecule has 1 aromatic carbocycles. The molecule has 0 bridgehead atoms. The molecule has 0 aliphatic heterocycles. The van der Waals surface area contributed by atoms with E-state index in [0.717, 1.165) is 5.69 Å². The smallest absolute Gasteiger partial charge is 0.231 e. The highest BCUT2D eigenvalue weighted by molar-refractivity contribution is 6.19. The summed E-state index contributed by atoms with van der Waals surface area (Å²) in [7, 11) is 0. The molecule has 1 rings (SSSR count). The Labute approximate surface area is 102 Å². The van der Waals surface area contributed by atoms with Crippen LogP contribution in [0.1, 0.15) is 19.4 Å². The first kappa shape index (κ1) is 13.0. The lowest BCUT2D eigenvalue weighted by Crippen LogP contribution is -2.35. The lowest BCUT2D eigenvalue weighted by molar-refractivity contribution is -0.121. The number of benzene rings is 1. The highest BCUT2D eigenvalue weighted by atomic mass is 35.5. The Kier molecular flexibility index (Phi) is 4.81. The van der Waals surface area contributed by atoms with Crippen molar-refractivity contribution in [2.75, 3.05) is 17.3 Å². The fourth-order valence-electron chi connectivity index (χ4n) is 1.52. The van der Waals surface area contributed by atoms with Gasteiger partial charge in [-0.25, -0.2) is 0 Å². The Bertz CT molecular complexity index is 347. The SMILES string of the molecule is CCN(C(=O)C(C)CCl)c1ccc(C)cc1. The molecule has 0 spiro atoms. The monoisotopic (exact) mass is 239 g/mol. The molecule has 0 fully saturated rings. The minimum atomic E-state index is -0.136. The molecule has 0 saturated heterocycles. The number of rotatable bonds is 4. The van der Waals surface area contributed by atoms with E-state index < -0.39 is 0 Å². The van der Waals surface area contributed by atoms with Gasteiger partial charge in [-0.1, -0.05) is 24.6 Å². The summed E-state index contributed by atoms with van der Waals surface area (Å²) in [6.07, 6.45) is 0. The van der Waals surface area contributed by atoms with Gasteiger partial charge in [-0.3, -0.25) is 4.79 Å². The molecule has 3 heteroatoms. The van der Waals surface area contributed by atoms with Crippen LogP contribution >= 0.6 is 11.6 Å². The highest BCUT2D eigenvalue weighted by Crippen LogP contribution is 2.17. The van der Waals surface area contributed by atoms with Crippen molar-refractivity contribution in [3.05, 3.63) is 29.8 Å². The lowest BCUT2D eigenvalue weighted by atomic mass is 10.1. The number of hydrogen-bond donors (Lipinski definition) is 0. The van der Waals surface area contributed by atoms with Gasteiger partial charge in [0.25, 0.3) is 0 Å². The Morgan fingerprint density at radius 2 is 1.94 bits per heavy atom. The summed E-state index contributed by atoms with van der Waals surface area (Å²) in [5.74, 6) is 0.311. The molecule has 1 atom stereocenters. The van der Waals surface area contributed by atoms with Crippen molar-refractivity contribution in [1.29, 1.82) is 0 Å². The van der Waals surface area contributed by atoms with Crippen LogP contribution in [0.15, 0.2) is 24.3 Å². The van der Waals surface area contributed by atoms with E-state index in [2.05, 4.69) is 0 Å². The Hall–Kier alpha value is -1.02. The largest absolute Gasteiger partial charge is 0.312 e. The standard InChI is InChI=1S/C13H18ClNO/c1-4-15(13(16)11(3)9-14)12-7-5-10(2)6-8-12/h5-8,11H,4,9H2,1-3H3. The summed E-state index contributed by atoms with van der Waals surface area (Å²) in [5, 5.41) is 0. The van der Waals surface area contributed by atoms with Crippen LogP contribution in [0.5, 0.6) is 0 Å². The molecule has 0 saturated carbocycles. The maximum absolute atomic E-state index is 12.0. The van der Waals surface area contributed by atoms with E-state index in [1.54, 1.807) is 4.90 Å². The quantitative estimate of drug-likeness (QED) is 0.739. The summed E-state index contributed by atoms with van der Waals surface area (Å²) in [6, 6.07) is 7.96. The number of amides is 1. The van der Waals surface area contributed by atoms with E-state index >= 15 is 0 Å². The van der Waals surface area contributed by atoms with Gasteiger partial charge in [0.15, 0.2) is 0 Å². The van der Waals surface area contributed by atoms with Crippen LogP contribution in [-0.4, -0.2) is 18.3 Å². The highest BCUT2D eigenvalue weighted by Gasteiger charge is 2.19. The second kappa shape index (κ2) is 5.90. The number of anilines is 1. The van der Waals surface area contributed by atoms with Gasteiger partial charge in [0.2, 0.25) is 5.91 Å². The van der Waals surface area contributed by atoms with E-state index in [4.69, 9.17) is 11.6 Å². The molecule has 88 valence electrons. The maximum Gasteiger partial charge on any atom is 0.231 e. The van der Waals surface area contributed by atoms with Crippen molar-refractivity contribution < 1.29 is 4.79 Å². The van der Waals surface area contributed by atoms with Gasteiger partial charge < -0.3 is 4.90 Å². The van der Waals surface area contributed by atoms with Crippen molar-refractivity contribution in [3.8, 4) is 0 Å². The van der Waals surface area contributed by atoms with Gasteiger partial charge in [-0.15, -0.1) is 11.6 Å². The second-order valence-electron chi connectivity index (χ2n) is 3.97. The molecule has 2 nitrogen and oxygen atoms in total. The molecule has 0 aliphatic rings. The number of carbonyl (C=O) groups is 1. The summed E-state index contributed by atoms with van der Waals surface area (Å²) in [6.45, 7) is 6.53. The number of alkyl halides is 1. The molecular weight excluding hydrogens is 222 g/mol. The molecule has 0 radical (unpaired) electrons. The Morgan fingerprint density at radius 1 is 1.38 bits per heavy atom. The molecule has 1 amide bonds. The summed E-state index contributed by atoms with van der Waals surface area (Å²) in [5.41, 5.74) is 2.13. The zero-order valence-electron chi connectivity index (χ0n) is 10.0. The zero-order chi connectivity index (χ0) is 12.1. The van der Waals surface area contributed by atoms with Gasteiger partial charge in [0.05, 0.1) is 0 Å². The number of halogens is 1. The van der Waals surface area contributed by atoms with Crippen LogP contribution in [0.3, 0.4) is 0 Å². The zero-order valence-corrected chi connectivity index (χ0v) is 10.8. The van der Waals surface area contributed by atoms with Gasteiger partial charge in [0, 0.05) is 24.0 Å². The van der Waals surface area contributed by atoms with Crippen LogP contribution in [0, 0.1) is 12.8 Å². The van der Waals surface area contributed by atoms with Gasteiger partial charge in [0.1, 0.15) is 0 Å². The number of carbonyl (C=O) groups excluding carboxylic acids is 1. The summed E-state index contributed by atoms with van der Waals surface area (Å²) < 4.78 is 0. The van der Waals surface area contributed by atoms with Crippen molar-refractivity contribution in [2.45, 2.75) is 20.8 Å². The molecule has 0 N–H and O–H groups in total. The number of aryl methyl sites for hydroxylation is 1. The predicted octanol–water partition coefficient (Wildman–Crippen LogP) is 3.22. The molecular formula is C13H18ClNO. The predicted molar refractivity (Wildman–Crippen MR) is 69.1 cm³/mol. The minimum absolute atomic E-state index is 0.0846. The maximum atomic E-state index is 12.0. The third-order valence-corrected chi connectivity index (χ3v) is 3.04. The van der Waals surface area contributed by atoms with Crippen LogP contribution < -0.4 is 4.90 Å². The fourth-order valence-corrected chi connectivity index (χ4v) is 1.65. The first-order valence-corrected chi connectivity index (χ1v) is 6.07. The van der Waals surface area contributed by atoms with Crippen LogP contribution in [0.2, 0.25) is 0 Å². The van der Waals surface area contributed by atoms with Gasteiger partial charge in [-0.2, -0.15) is 0 Å². The van der Waals surface area contributed by atoms with Crippen molar-refractivity contribution >= 4 is 23.2 Å². The molecule has 0 aromatic heterocycles. The van der Waals surface area contributed by atoms with Crippen LogP contribution in [-0.2, 0) is 4.79 Å². The summed E-state index contributed by atoms with van der Waals surface area (Å²) in [4.78, 5) is 13.8. The van der Waals surface area contributed by atoms with E-state index in [1.807, 2.05) is 45.0 Å². The molecule has 0 aliphatic carbocycles. The fraction of sp³-hybridized carbons (Fsp3) is 0.462. The van der Waals surface area contributed by atoms with Gasteiger partial charge in [-0.05, 0) is 26.0 Å².